The highest BCUT2D eigenvalue weighted by molar-refractivity contribution is 7.87. The lowest BCUT2D eigenvalue weighted by atomic mass is 9.89. The van der Waals surface area contributed by atoms with Gasteiger partial charge >= 0.3 is 5.97 Å². The van der Waals surface area contributed by atoms with Crippen LogP contribution in [0.4, 0.5) is 0 Å². The maximum atomic E-state index is 13.6. The molecule has 0 bridgehead atoms. The van der Waals surface area contributed by atoms with Crippen molar-refractivity contribution in [1.82, 2.24) is 0 Å². The minimum atomic E-state index is -4.46. The molecule has 0 saturated heterocycles. The fourth-order valence-electron chi connectivity index (χ4n) is 3.48. The Kier molecular flexibility index (Phi) is 7.62. The van der Waals surface area contributed by atoms with Gasteiger partial charge in [0.25, 0.3) is 10.1 Å². The Morgan fingerprint density at radius 3 is 1.84 bits per heavy atom. The number of halogens is 1. The van der Waals surface area contributed by atoms with Crippen LogP contribution in [-0.2, 0) is 24.7 Å². The Hall–Kier alpha value is -1.89. The second kappa shape index (κ2) is 9.31. The summed E-state index contributed by atoms with van der Waals surface area (Å²) in [6.07, 6.45) is 0. The summed E-state index contributed by atoms with van der Waals surface area (Å²) in [7, 11) is -4.46. The van der Waals surface area contributed by atoms with Crippen LogP contribution in [0.5, 0.6) is 0 Å². The van der Waals surface area contributed by atoms with Gasteiger partial charge < -0.3 is 5.11 Å². The summed E-state index contributed by atoms with van der Waals surface area (Å²) in [5.41, 5.74) is 0.141. The summed E-state index contributed by atoms with van der Waals surface area (Å²) in [5, 5.41) is 10.1. The predicted molar refractivity (Wildman–Crippen MR) is 123 cm³/mol. The predicted octanol–water partition coefficient (Wildman–Crippen LogP) is 6.42. The van der Waals surface area contributed by atoms with Gasteiger partial charge in [-0.1, -0.05) is 83.5 Å². The lowest BCUT2D eigenvalue weighted by Crippen LogP contribution is -2.38. The molecule has 2 aromatic rings. The lowest BCUT2D eigenvalue weighted by Gasteiger charge is -2.28. The summed E-state index contributed by atoms with van der Waals surface area (Å²) < 4.78 is 32.8. The van der Waals surface area contributed by atoms with Crippen LogP contribution in [0.1, 0.15) is 88.5 Å². The van der Waals surface area contributed by atoms with Crippen LogP contribution in [0.2, 0.25) is 5.02 Å². The van der Waals surface area contributed by atoms with Crippen LogP contribution < -0.4 is 0 Å². The third-order valence-corrected chi connectivity index (χ3v) is 7.26. The molecule has 0 fully saturated rings. The third kappa shape index (κ3) is 5.13. The molecule has 31 heavy (non-hydrogen) atoms. The molecule has 5 nitrogen and oxygen atoms in total. The van der Waals surface area contributed by atoms with Gasteiger partial charge in [0.1, 0.15) is 4.90 Å². The number of hydrogen-bond donors (Lipinski definition) is 1. The van der Waals surface area contributed by atoms with Crippen molar-refractivity contribution in [3.63, 3.8) is 0 Å². The molecule has 0 saturated carbocycles. The first-order valence-electron chi connectivity index (χ1n) is 10.3. The van der Waals surface area contributed by atoms with Gasteiger partial charge in [0.15, 0.2) is 0 Å². The standard InChI is InChI=1S/C24H31ClO5S/c1-14(2)17-12-18(15(3)4)22(19(13-17)16(5)6)31(28,29)30-24(7,23(26)27)20-10-8-9-11-21(20)25/h8-16H,1-7H3,(H,26,27). The van der Waals surface area contributed by atoms with Gasteiger partial charge in [-0.2, -0.15) is 8.42 Å². The van der Waals surface area contributed by atoms with Crippen molar-refractivity contribution >= 4 is 27.7 Å². The highest BCUT2D eigenvalue weighted by Crippen LogP contribution is 2.40. The van der Waals surface area contributed by atoms with Crippen LogP contribution in [0.15, 0.2) is 41.3 Å². The fourth-order valence-corrected chi connectivity index (χ4v) is 5.65. The molecule has 1 unspecified atom stereocenters. The van der Waals surface area contributed by atoms with Gasteiger partial charge in [0.2, 0.25) is 5.60 Å². The highest BCUT2D eigenvalue weighted by atomic mass is 35.5. The van der Waals surface area contributed by atoms with Crippen molar-refractivity contribution in [3.05, 3.63) is 63.7 Å². The van der Waals surface area contributed by atoms with E-state index in [1.54, 1.807) is 12.1 Å². The Bertz CT molecular complexity index is 1040. The Morgan fingerprint density at radius 2 is 1.45 bits per heavy atom. The van der Waals surface area contributed by atoms with E-state index in [0.717, 1.165) is 5.56 Å². The quantitative estimate of drug-likeness (QED) is 0.454. The highest BCUT2D eigenvalue weighted by Gasteiger charge is 2.44. The number of carboxylic acid groups (broad SMARTS) is 1. The van der Waals surface area contributed by atoms with Crippen molar-refractivity contribution in [2.45, 2.75) is 76.7 Å². The van der Waals surface area contributed by atoms with E-state index in [0.29, 0.717) is 11.1 Å². The number of rotatable bonds is 8. The van der Waals surface area contributed by atoms with Gasteiger partial charge in [-0.25, -0.2) is 8.98 Å². The van der Waals surface area contributed by atoms with E-state index >= 15 is 0 Å². The molecule has 2 rings (SSSR count). The average molecular weight is 467 g/mol. The number of benzene rings is 2. The van der Waals surface area contributed by atoms with Crippen LogP contribution in [0, 0.1) is 0 Å². The first kappa shape index (κ1) is 25.4. The van der Waals surface area contributed by atoms with E-state index in [2.05, 4.69) is 0 Å². The van der Waals surface area contributed by atoms with E-state index in [1.807, 2.05) is 53.7 Å². The van der Waals surface area contributed by atoms with E-state index in [9.17, 15) is 18.3 Å². The van der Waals surface area contributed by atoms with Crippen molar-refractivity contribution in [3.8, 4) is 0 Å². The van der Waals surface area contributed by atoms with Crippen LogP contribution >= 0.6 is 11.6 Å². The second-order valence-electron chi connectivity index (χ2n) is 8.85. The molecule has 0 aromatic heterocycles. The van der Waals surface area contributed by atoms with Crippen LogP contribution in [0.25, 0.3) is 0 Å². The van der Waals surface area contributed by atoms with Gasteiger partial charge in [-0.05, 0) is 47.4 Å². The molecule has 0 spiro atoms. The molecule has 0 aliphatic heterocycles. The third-order valence-electron chi connectivity index (χ3n) is 5.40. The van der Waals surface area contributed by atoms with Gasteiger partial charge in [0, 0.05) is 10.6 Å². The SMILES string of the molecule is CC(C)c1cc(C(C)C)c(S(=O)(=O)OC(C)(C(=O)O)c2ccccc2Cl)c(C(C)C)c1. The Balaban J connectivity index is 2.79. The summed E-state index contributed by atoms with van der Waals surface area (Å²) in [6.45, 7) is 12.9. The molecule has 0 radical (unpaired) electrons. The first-order valence-corrected chi connectivity index (χ1v) is 12.1. The maximum absolute atomic E-state index is 13.6. The number of aliphatic carboxylic acids is 1. The van der Waals surface area contributed by atoms with Crippen molar-refractivity contribution in [1.29, 1.82) is 0 Å². The van der Waals surface area contributed by atoms with Gasteiger partial charge in [0.05, 0.1) is 0 Å². The topological polar surface area (TPSA) is 80.7 Å². The summed E-state index contributed by atoms with van der Waals surface area (Å²) in [6, 6.07) is 9.96. The molecule has 1 N–H and O–H groups in total. The number of hydrogen-bond acceptors (Lipinski definition) is 4. The molecular weight excluding hydrogens is 436 g/mol. The molecule has 1 atom stereocenters. The largest absolute Gasteiger partial charge is 0.479 e. The smallest absolute Gasteiger partial charge is 0.342 e. The van der Waals surface area contributed by atoms with Gasteiger partial charge in [-0.15, -0.1) is 0 Å². The van der Waals surface area contributed by atoms with E-state index in [-0.39, 0.29) is 33.2 Å². The molecule has 0 aliphatic rings. The van der Waals surface area contributed by atoms with Crippen molar-refractivity contribution in [2.75, 3.05) is 0 Å². The number of carbonyl (C=O) groups is 1. The molecule has 7 heteroatoms. The molecule has 0 heterocycles. The maximum Gasteiger partial charge on any atom is 0.342 e. The van der Waals surface area contributed by atoms with E-state index < -0.39 is 21.7 Å². The zero-order valence-electron chi connectivity index (χ0n) is 19.1. The Labute approximate surface area is 190 Å². The zero-order valence-corrected chi connectivity index (χ0v) is 20.6. The van der Waals surface area contributed by atoms with Crippen molar-refractivity contribution < 1.29 is 22.5 Å². The lowest BCUT2D eigenvalue weighted by molar-refractivity contribution is -0.154. The molecule has 0 amide bonds. The first-order chi connectivity index (χ1) is 14.2. The monoisotopic (exact) mass is 466 g/mol. The van der Waals surface area contributed by atoms with E-state index in [1.165, 1.54) is 19.1 Å². The molecule has 2 aromatic carbocycles. The zero-order chi connectivity index (χ0) is 23.7. The van der Waals surface area contributed by atoms with Crippen molar-refractivity contribution in [2.24, 2.45) is 0 Å². The molecule has 170 valence electrons. The van der Waals surface area contributed by atoms with Gasteiger partial charge in [-0.3, -0.25) is 0 Å². The van der Waals surface area contributed by atoms with E-state index in [4.69, 9.17) is 15.8 Å². The summed E-state index contributed by atoms with van der Waals surface area (Å²) >= 11 is 6.21. The molecule has 0 aliphatic carbocycles. The molecular formula is C24H31ClO5S. The second-order valence-corrected chi connectivity index (χ2v) is 10.7. The minimum absolute atomic E-state index is 0.0430. The fraction of sp³-hybridized carbons (Fsp3) is 0.458. The van der Waals surface area contributed by atoms with Crippen LogP contribution in [0.3, 0.4) is 0 Å². The summed E-state index contributed by atoms with van der Waals surface area (Å²) in [5.74, 6) is -1.46. The normalized spacial score (nSPS) is 14.3. The summed E-state index contributed by atoms with van der Waals surface area (Å²) in [4.78, 5) is 12.3. The number of carboxylic acids is 1. The minimum Gasteiger partial charge on any atom is -0.479 e. The average Bonchev–Trinajstić information content (AvgIpc) is 2.66. The Morgan fingerprint density at radius 1 is 0.968 bits per heavy atom. The van der Waals surface area contributed by atoms with Crippen LogP contribution in [-0.4, -0.2) is 19.5 Å².